The normalized spacial score (nSPS) is 15.1. The van der Waals surface area contributed by atoms with E-state index in [1.165, 1.54) is 0 Å². The molecule has 2 aromatic carbocycles. The maximum atomic E-state index is 9.69. The van der Waals surface area contributed by atoms with Crippen LogP contribution in [0.2, 0.25) is 0 Å². The van der Waals surface area contributed by atoms with Gasteiger partial charge in [0.1, 0.15) is 17.9 Å². The molecule has 1 N–H and O–H groups in total. The first-order valence-electron chi connectivity index (χ1n) is 9.78. The molecule has 146 valence electrons. The monoisotopic (exact) mass is 386 g/mol. The van der Waals surface area contributed by atoms with Gasteiger partial charge in [0.15, 0.2) is 0 Å². The summed E-state index contributed by atoms with van der Waals surface area (Å²) in [6.45, 7) is 4.51. The second kappa shape index (κ2) is 7.52. The van der Waals surface area contributed by atoms with Gasteiger partial charge >= 0.3 is 0 Å². The number of rotatable bonds is 4. The topological polar surface area (TPSA) is 69.8 Å². The van der Waals surface area contributed by atoms with Crippen LogP contribution in [0.1, 0.15) is 5.56 Å². The van der Waals surface area contributed by atoms with Crippen molar-refractivity contribution in [3.63, 3.8) is 0 Å². The lowest BCUT2D eigenvalue weighted by Crippen LogP contribution is -2.46. The Morgan fingerprint density at radius 1 is 0.897 bits per heavy atom. The number of benzene rings is 2. The maximum absolute atomic E-state index is 9.69. The molecule has 0 atom stereocenters. The standard InChI is InChI=1S/C22H22N6O/c29-19-8-4-5-17(13-19)15-26-9-11-27(12-10-26)21-14-20(18-6-2-1-3-7-18)25-22-23-16-24-28(21)22/h1-8,13-14,16,29H,9-12,15H2. The van der Waals surface area contributed by atoms with Crippen molar-refractivity contribution in [3.05, 3.63) is 72.6 Å². The lowest BCUT2D eigenvalue weighted by Gasteiger charge is -2.36. The number of hydrogen-bond acceptors (Lipinski definition) is 6. The Bertz CT molecular complexity index is 1120. The molecule has 1 aliphatic heterocycles. The van der Waals surface area contributed by atoms with Crippen molar-refractivity contribution in [1.29, 1.82) is 0 Å². The molecule has 0 saturated carbocycles. The van der Waals surface area contributed by atoms with E-state index in [1.54, 1.807) is 12.4 Å². The van der Waals surface area contributed by atoms with E-state index in [0.29, 0.717) is 11.5 Å². The highest BCUT2D eigenvalue weighted by molar-refractivity contribution is 5.65. The number of phenols is 1. The molecule has 3 heterocycles. The van der Waals surface area contributed by atoms with E-state index in [-0.39, 0.29) is 0 Å². The fourth-order valence-corrected chi connectivity index (χ4v) is 3.83. The van der Waals surface area contributed by atoms with Gasteiger partial charge in [-0.1, -0.05) is 42.5 Å². The first-order valence-corrected chi connectivity index (χ1v) is 9.78. The first kappa shape index (κ1) is 17.6. The molecule has 0 bridgehead atoms. The van der Waals surface area contributed by atoms with Gasteiger partial charge in [0.25, 0.3) is 5.78 Å². The van der Waals surface area contributed by atoms with Gasteiger partial charge in [-0.25, -0.2) is 4.98 Å². The van der Waals surface area contributed by atoms with Gasteiger partial charge in [-0.2, -0.15) is 14.6 Å². The van der Waals surface area contributed by atoms with Crippen molar-refractivity contribution in [2.45, 2.75) is 6.54 Å². The molecule has 0 amide bonds. The summed E-state index contributed by atoms with van der Waals surface area (Å²) in [7, 11) is 0. The Morgan fingerprint density at radius 3 is 2.52 bits per heavy atom. The molecule has 1 saturated heterocycles. The third kappa shape index (κ3) is 3.64. The Kier molecular flexibility index (Phi) is 4.57. The largest absolute Gasteiger partial charge is 0.508 e. The summed E-state index contributed by atoms with van der Waals surface area (Å²) in [5.41, 5.74) is 3.11. The van der Waals surface area contributed by atoms with Crippen LogP contribution in [-0.2, 0) is 6.54 Å². The number of nitrogens with zero attached hydrogens (tertiary/aromatic N) is 6. The fraction of sp³-hybridized carbons (Fsp3) is 0.227. The van der Waals surface area contributed by atoms with Crippen LogP contribution in [0.5, 0.6) is 5.75 Å². The van der Waals surface area contributed by atoms with E-state index < -0.39 is 0 Å². The summed E-state index contributed by atoms with van der Waals surface area (Å²) >= 11 is 0. The Balaban J connectivity index is 1.37. The molecule has 2 aromatic heterocycles. The van der Waals surface area contributed by atoms with Crippen LogP contribution in [0, 0.1) is 0 Å². The van der Waals surface area contributed by atoms with Crippen molar-refractivity contribution >= 4 is 11.6 Å². The summed E-state index contributed by atoms with van der Waals surface area (Å²) in [5, 5.41) is 14.1. The predicted molar refractivity (Wildman–Crippen MR) is 112 cm³/mol. The van der Waals surface area contributed by atoms with Crippen LogP contribution in [0.4, 0.5) is 5.82 Å². The predicted octanol–water partition coefficient (Wildman–Crippen LogP) is 2.82. The number of fused-ring (bicyclic) bond motifs is 1. The van der Waals surface area contributed by atoms with E-state index in [2.05, 4.69) is 49.1 Å². The quantitative estimate of drug-likeness (QED) is 0.582. The molecule has 0 spiro atoms. The van der Waals surface area contributed by atoms with E-state index >= 15 is 0 Å². The molecule has 1 aliphatic rings. The zero-order chi connectivity index (χ0) is 19.6. The Hall–Kier alpha value is -3.45. The van der Waals surface area contributed by atoms with E-state index in [1.807, 2.05) is 34.8 Å². The van der Waals surface area contributed by atoms with E-state index in [0.717, 1.165) is 55.4 Å². The number of aromatic hydroxyl groups is 1. The minimum atomic E-state index is 0.319. The molecule has 29 heavy (non-hydrogen) atoms. The fourth-order valence-electron chi connectivity index (χ4n) is 3.83. The molecule has 0 aliphatic carbocycles. The number of hydrogen-bond donors (Lipinski definition) is 1. The van der Waals surface area contributed by atoms with Gasteiger partial charge in [-0.15, -0.1) is 0 Å². The minimum Gasteiger partial charge on any atom is -0.508 e. The second-order valence-corrected chi connectivity index (χ2v) is 7.27. The number of piperazine rings is 1. The molecule has 7 heteroatoms. The van der Waals surface area contributed by atoms with E-state index in [9.17, 15) is 5.11 Å². The van der Waals surface area contributed by atoms with Crippen LogP contribution in [0.25, 0.3) is 17.0 Å². The van der Waals surface area contributed by atoms with Gasteiger partial charge in [-0.05, 0) is 17.7 Å². The first-order chi connectivity index (χ1) is 14.3. The number of phenolic OH excluding ortho intramolecular Hbond substituents is 1. The lowest BCUT2D eigenvalue weighted by molar-refractivity contribution is 0.248. The number of aromatic nitrogens is 4. The zero-order valence-corrected chi connectivity index (χ0v) is 16.0. The van der Waals surface area contributed by atoms with Gasteiger partial charge < -0.3 is 10.0 Å². The van der Waals surface area contributed by atoms with Crippen molar-refractivity contribution in [2.75, 3.05) is 31.1 Å². The minimum absolute atomic E-state index is 0.319. The third-order valence-electron chi connectivity index (χ3n) is 5.32. The molecule has 4 aromatic rings. The average molecular weight is 386 g/mol. The zero-order valence-electron chi connectivity index (χ0n) is 16.0. The van der Waals surface area contributed by atoms with Gasteiger partial charge in [0.2, 0.25) is 0 Å². The van der Waals surface area contributed by atoms with Crippen molar-refractivity contribution < 1.29 is 5.11 Å². The maximum Gasteiger partial charge on any atom is 0.254 e. The van der Waals surface area contributed by atoms with Crippen molar-refractivity contribution in [3.8, 4) is 17.0 Å². The smallest absolute Gasteiger partial charge is 0.254 e. The summed E-state index contributed by atoms with van der Waals surface area (Å²) in [6, 6.07) is 19.8. The van der Waals surface area contributed by atoms with Gasteiger partial charge in [0.05, 0.1) is 5.69 Å². The van der Waals surface area contributed by atoms with Gasteiger partial charge in [0, 0.05) is 44.4 Å². The summed E-state index contributed by atoms with van der Waals surface area (Å²) in [6.07, 6.45) is 1.55. The highest BCUT2D eigenvalue weighted by atomic mass is 16.3. The molecular formula is C22H22N6O. The summed E-state index contributed by atoms with van der Waals surface area (Å²) in [4.78, 5) is 13.7. The molecule has 5 rings (SSSR count). The van der Waals surface area contributed by atoms with Crippen LogP contribution < -0.4 is 4.90 Å². The van der Waals surface area contributed by atoms with Crippen LogP contribution in [0.3, 0.4) is 0 Å². The Labute approximate surface area is 168 Å². The highest BCUT2D eigenvalue weighted by Gasteiger charge is 2.21. The Morgan fingerprint density at radius 2 is 1.72 bits per heavy atom. The molecule has 7 nitrogen and oxygen atoms in total. The number of anilines is 1. The highest BCUT2D eigenvalue weighted by Crippen LogP contribution is 2.25. The van der Waals surface area contributed by atoms with Crippen LogP contribution in [0.15, 0.2) is 67.0 Å². The van der Waals surface area contributed by atoms with Crippen molar-refractivity contribution in [2.24, 2.45) is 0 Å². The average Bonchev–Trinajstić information content (AvgIpc) is 3.23. The molecule has 1 fully saturated rings. The lowest BCUT2D eigenvalue weighted by atomic mass is 10.1. The van der Waals surface area contributed by atoms with E-state index in [4.69, 9.17) is 0 Å². The van der Waals surface area contributed by atoms with Crippen LogP contribution >= 0.6 is 0 Å². The molecule has 0 radical (unpaired) electrons. The summed E-state index contributed by atoms with van der Waals surface area (Å²) in [5.74, 6) is 1.95. The van der Waals surface area contributed by atoms with Crippen LogP contribution in [-0.4, -0.2) is 55.8 Å². The van der Waals surface area contributed by atoms with Crippen molar-refractivity contribution in [1.82, 2.24) is 24.5 Å². The molecular weight excluding hydrogens is 364 g/mol. The summed E-state index contributed by atoms with van der Waals surface area (Å²) < 4.78 is 1.82. The van der Waals surface area contributed by atoms with Gasteiger partial charge in [-0.3, -0.25) is 4.90 Å². The second-order valence-electron chi connectivity index (χ2n) is 7.27. The molecule has 0 unspecified atom stereocenters. The third-order valence-corrected chi connectivity index (χ3v) is 5.32. The SMILES string of the molecule is Oc1cccc(CN2CCN(c3cc(-c4ccccc4)nc4ncnn34)CC2)c1.